The maximum absolute atomic E-state index is 11.3. The molecule has 3 nitrogen and oxygen atoms in total. The predicted molar refractivity (Wildman–Crippen MR) is 106 cm³/mol. The van der Waals surface area contributed by atoms with Crippen LogP contribution in [0.4, 0.5) is 0 Å². The minimum atomic E-state index is -0.166. The highest BCUT2D eigenvalue weighted by atomic mass is 32.1. The van der Waals surface area contributed by atoms with Gasteiger partial charge in [-0.2, -0.15) is 12.6 Å². The number of esters is 1. The van der Waals surface area contributed by atoms with Crippen LogP contribution in [0.2, 0.25) is 0 Å². The second kappa shape index (κ2) is 18.9. The summed E-state index contributed by atoms with van der Waals surface area (Å²) in [6.07, 6.45) is 18.0. The molecular formula is C20H38O3S. The number of aliphatic hydroxyl groups is 1. The Balaban J connectivity index is 3.30. The van der Waals surface area contributed by atoms with Gasteiger partial charge >= 0.3 is 5.97 Å². The van der Waals surface area contributed by atoms with Crippen molar-refractivity contribution in [3.8, 4) is 0 Å². The van der Waals surface area contributed by atoms with E-state index in [1.54, 1.807) is 0 Å². The van der Waals surface area contributed by atoms with Gasteiger partial charge in [-0.05, 0) is 32.1 Å². The van der Waals surface area contributed by atoms with Crippen LogP contribution in [0.5, 0.6) is 0 Å². The van der Waals surface area contributed by atoms with E-state index in [0.29, 0.717) is 18.8 Å². The Morgan fingerprint density at radius 1 is 1.04 bits per heavy atom. The Kier molecular flexibility index (Phi) is 18.5. The first kappa shape index (κ1) is 23.5. The van der Waals surface area contributed by atoms with Crippen molar-refractivity contribution in [2.24, 2.45) is 0 Å². The van der Waals surface area contributed by atoms with Crippen LogP contribution < -0.4 is 0 Å². The van der Waals surface area contributed by atoms with Gasteiger partial charge in [0, 0.05) is 12.2 Å². The zero-order valence-corrected chi connectivity index (χ0v) is 16.4. The van der Waals surface area contributed by atoms with Gasteiger partial charge in [0.25, 0.3) is 0 Å². The monoisotopic (exact) mass is 358 g/mol. The Morgan fingerprint density at radius 2 is 1.75 bits per heavy atom. The Morgan fingerprint density at radius 3 is 2.50 bits per heavy atom. The number of aliphatic hydroxyl groups excluding tert-OH is 1. The molecule has 0 saturated heterocycles. The number of unbranched alkanes of at least 4 members (excludes halogenated alkanes) is 8. The van der Waals surface area contributed by atoms with Gasteiger partial charge in [-0.25, -0.2) is 0 Å². The van der Waals surface area contributed by atoms with Crippen molar-refractivity contribution in [1.82, 2.24) is 0 Å². The Labute approximate surface area is 154 Å². The zero-order chi connectivity index (χ0) is 17.9. The van der Waals surface area contributed by atoms with Crippen LogP contribution in [-0.4, -0.2) is 29.5 Å². The van der Waals surface area contributed by atoms with Crippen LogP contribution in [0.1, 0.15) is 90.4 Å². The third kappa shape index (κ3) is 17.9. The van der Waals surface area contributed by atoms with Crippen molar-refractivity contribution in [1.29, 1.82) is 0 Å². The fourth-order valence-electron chi connectivity index (χ4n) is 2.59. The van der Waals surface area contributed by atoms with Gasteiger partial charge in [-0.1, -0.05) is 64.0 Å². The number of hydrogen-bond acceptors (Lipinski definition) is 4. The second-order valence-electron chi connectivity index (χ2n) is 6.46. The molecule has 0 bridgehead atoms. The fraction of sp³-hybridized carbons (Fsp3) is 0.850. The Hall–Kier alpha value is -0.480. The molecule has 0 rings (SSSR count). The molecule has 0 aromatic heterocycles. The van der Waals surface area contributed by atoms with Gasteiger partial charge in [-0.15, -0.1) is 0 Å². The summed E-state index contributed by atoms with van der Waals surface area (Å²) in [5.74, 6) is 0.495. The van der Waals surface area contributed by atoms with Crippen molar-refractivity contribution < 1.29 is 14.6 Å². The van der Waals surface area contributed by atoms with E-state index in [1.807, 2.05) is 0 Å². The standard InChI is InChI=1S/C20H38O3S/c1-2-3-4-11-14-19(21)15-12-9-7-5-6-8-10-13-16-20(22)23-17-18-24/h9,12,19,21,24H,2-8,10-11,13-18H2,1H3/b12-9-/t19-/m1/s1. The molecule has 0 amide bonds. The number of hydrogen-bond donors (Lipinski definition) is 2. The number of rotatable bonds is 17. The summed E-state index contributed by atoms with van der Waals surface area (Å²) < 4.78 is 4.97. The molecule has 0 aliphatic heterocycles. The first-order chi connectivity index (χ1) is 11.7. The van der Waals surface area contributed by atoms with E-state index >= 15 is 0 Å². The normalized spacial score (nSPS) is 12.6. The first-order valence-electron chi connectivity index (χ1n) is 9.80. The van der Waals surface area contributed by atoms with Crippen molar-refractivity contribution >= 4 is 18.6 Å². The molecule has 0 spiro atoms. The summed E-state index contributed by atoms with van der Waals surface area (Å²) in [5.41, 5.74) is 0. The molecule has 0 unspecified atom stereocenters. The molecule has 0 radical (unpaired) electrons. The topological polar surface area (TPSA) is 46.5 Å². The maximum Gasteiger partial charge on any atom is 0.305 e. The summed E-state index contributed by atoms with van der Waals surface area (Å²) in [5, 5.41) is 9.85. The molecular weight excluding hydrogens is 320 g/mol. The number of ether oxygens (including phenoxy) is 1. The average Bonchev–Trinajstić information content (AvgIpc) is 2.58. The van der Waals surface area contributed by atoms with Crippen LogP contribution in [-0.2, 0) is 9.53 Å². The van der Waals surface area contributed by atoms with E-state index in [2.05, 4.69) is 31.7 Å². The molecule has 1 N–H and O–H groups in total. The van der Waals surface area contributed by atoms with Gasteiger partial charge in [-0.3, -0.25) is 4.79 Å². The lowest BCUT2D eigenvalue weighted by Crippen LogP contribution is -2.06. The second-order valence-corrected chi connectivity index (χ2v) is 6.91. The third-order valence-electron chi connectivity index (χ3n) is 4.07. The fourth-order valence-corrected chi connectivity index (χ4v) is 2.68. The minimum Gasteiger partial charge on any atom is -0.465 e. The van der Waals surface area contributed by atoms with Gasteiger partial charge in [0.2, 0.25) is 0 Å². The van der Waals surface area contributed by atoms with Crippen molar-refractivity contribution in [2.75, 3.05) is 12.4 Å². The van der Waals surface area contributed by atoms with Gasteiger partial charge in [0.15, 0.2) is 0 Å². The number of carbonyl (C=O) groups excluding carboxylic acids is 1. The highest BCUT2D eigenvalue weighted by molar-refractivity contribution is 7.80. The third-order valence-corrected chi connectivity index (χ3v) is 4.25. The van der Waals surface area contributed by atoms with Crippen LogP contribution in [0.25, 0.3) is 0 Å². The van der Waals surface area contributed by atoms with E-state index in [-0.39, 0.29) is 12.1 Å². The van der Waals surface area contributed by atoms with E-state index < -0.39 is 0 Å². The number of carbonyl (C=O) groups is 1. The summed E-state index contributed by atoms with van der Waals surface area (Å²) in [4.78, 5) is 11.3. The van der Waals surface area contributed by atoms with E-state index in [9.17, 15) is 9.90 Å². The quantitative estimate of drug-likeness (QED) is 0.157. The lowest BCUT2D eigenvalue weighted by molar-refractivity contribution is -0.143. The minimum absolute atomic E-state index is 0.0970. The molecule has 0 aliphatic rings. The molecule has 4 heteroatoms. The molecule has 0 fully saturated rings. The summed E-state index contributed by atoms with van der Waals surface area (Å²) in [6.45, 7) is 2.62. The summed E-state index contributed by atoms with van der Waals surface area (Å²) in [6, 6.07) is 0. The summed E-state index contributed by atoms with van der Waals surface area (Å²) in [7, 11) is 0. The maximum atomic E-state index is 11.3. The highest BCUT2D eigenvalue weighted by Crippen LogP contribution is 2.10. The van der Waals surface area contributed by atoms with Gasteiger partial charge < -0.3 is 9.84 Å². The molecule has 1 atom stereocenters. The molecule has 0 saturated carbocycles. The van der Waals surface area contributed by atoms with Crippen molar-refractivity contribution in [3.63, 3.8) is 0 Å². The zero-order valence-electron chi connectivity index (χ0n) is 15.5. The molecule has 0 aromatic carbocycles. The lowest BCUT2D eigenvalue weighted by Gasteiger charge is -2.07. The van der Waals surface area contributed by atoms with Gasteiger partial charge in [0.05, 0.1) is 6.10 Å². The molecule has 142 valence electrons. The van der Waals surface area contributed by atoms with Crippen LogP contribution in [0.3, 0.4) is 0 Å². The van der Waals surface area contributed by atoms with Crippen molar-refractivity contribution in [2.45, 2.75) is 96.5 Å². The predicted octanol–water partition coefficient (Wildman–Crippen LogP) is 5.47. The van der Waals surface area contributed by atoms with Crippen LogP contribution in [0, 0.1) is 0 Å². The van der Waals surface area contributed by atoms with Crippen LogP contribution >= 0.6 is 12.6 Å². The average molecular weight is 359 g/mol. The number of thiol groups is 1. The van der Waals surface area contributed by atoms with E-state index in [4.69, 9.17) is 4.74 Å². The van der Waals surface area contributed by atoms with Crippen molar-refractivity contribution in [3.05, 3.63) is 12.2 Å². The number of allylic oxidation sites excluding steroid dienone is 1. The van der Waals surface area contributed by atoms with Crippen LogP contribution in [0.15, 0.2) is 12.2 Å². The highest BCUT2D eigenvalue weighted by Gasteiger charge is 2.02. The van der Waals surface area contributed by atoms with E-state index in [0.717, 1.165) is 38.5 Å². The Bertz CT molecular complexity index is 305. The molecule has 0 aliphatic carbocycles. The molecule has 0 aromatic rings. The SMILES string of the molecule is CCCCCC[C@@H](O)C/C=C\CCCCCCCC(=O)OCCS. The molecule has 0 heterocycles. The molecule has 24 heavy (non-hydrogen) atoms. The van der Waals surface area contributed by atoms with E-state index in [1.165, 1.54) is 38.5 Å². The first-order valence-corrected chi connectivity index (χ1v) is 10.4. The summed E-state index contributed by atoms with van der Waals surface area (Å²) >= 11 is 4.00. The lowest BCUT2D eigenvalue weighted by atomic mass is 10.1. The smallest absolute Gasteiger partial charge is 0.305 e. The van der Waals surface area contributed by atoms with Gasteiger partial charge in [0.1, 0.15) is 6.61 Å². The largest absolute Gasteiger partial charge is 0.465 e.